The average Bonchev–Trinajstić information content (AvgIpc) is 4.14. The molecular weight excluding hydrogens is 1160 g/mol. The van der Waals surface area contributed by atoms with E-state index < -0.39 is 195 Å². The third kappa shape index (κ3) is 26.0. The number of nitrogens with zero attached hydrogens (tertiary/aromatic N) is 2. The molecule has 31 heteroatoms. The minimum absolute atomic E-state index is 0.0161. The van der Waals surface area contributed by atoms with Crippen molar-refractivity contribution in [3.05, 3.63) is 12.2 Å². The van der Waals surface area contributed by atoms with E-state index in [2.05, 4.69) is 67.0 Å². The Bertz CT molecular complexity index is 2530. The molecule has 0 aromatic rings. The maximum Gasteiger partial charge on any atom is 0.305 e. The van der Waals surface area contributed by atoms with Gasteiger partial charge in [-0.1, -0.05) is 85.1 Å². The van der Waals surface area contributed by atoms with E-state index in [1.165, 1.54) is 24.2 Å². The number of hydrogen-bond donors (Lipinski definition) is 14. The zero-order valence-electron chi connectivity index (χ0n) is 50.8. The second kappa shape index (κ2) is 38.1. The van der Waals surface area contributed by atoms with Gasteiger partial charge in [-0.2, -0.15) is 0 Å². The van der Waals surface area contributed by atoms with Gasteiger partial charge in [-0.05, 0) is 69.8 Å². The molecule has 0 aliphatic carbocycles. The van der Waals surface area contributed by atoms with Crippen molar-refractivity contribution >= 4 is 88.8 Å². The van der Waals surface area contributed by atoms with E-state index in [1.54, 1.807) is 19.9 Å². The van der Waals surface area contributed by atoms with Crippen LogP contribution in [0.15, 0.2) is 12.2 Å². The van der Waals surface area contributed by atoms with E-state index in [0.29, 0.717) is 25.2 Å². The largest absolute Gasteiger partial charge is 0.481 e. The van der Waals surface area contributed by atoms with Gasteiger partial charge in [0, 0.05) is 19.6 Å². The monoisotopic (exact) mass is 1250 g/mol. The number of piperidine rings is 1. The third-order valence-electron chi connectivity index (χ3n) is 15.1. The number of carboxylic acid groups (broad SMARTS) is 3. The van der Waals surface area contributed by atoms with Gasteiger partial charge in [0.15, 0.2) is 0 Å². The molecule has 0 unspecified atom stereocenters. The Hall–Kier alpha value is -8.25. The van der Waals surface area contributed by atoms with Crippen LogP contribution >= 0.6 is 0 Å². The Morgan fingerprint density at radius 1 is 0.580 bits per heavy atom. The number of fused-ring (bicyclic) bond motifs is 2. The first-order valence-corrected chi connectivity index (χ1v) is 30.1. The van der Waals surface area contributed by atoms with Crippen molar-refractivity contribution < 1.29 is 92.3 Å². The number of carbonyl (C=O) groups excluding carboxylic acids is 12. The summed E-state index contributed by atoms with van der Waals surface area (Å²) in [6.07, 6.45) is 8.26. The van der Waals surface area contributed by atoms with Gasteiger partial charge in [0.2, 0.25) is 70.9 Å². The Labute approximate surface area is 510 Å². The van der Waals surface area contributed by atoms with Gasteiger partial charge in [-0.3, -0.25) is 71.9 Å². The lowest BCUT2D eigenvalue weighted by atomic mass is 9.96. The molecule has 0 spiro atoms. The molecule has 31 nitrogen and oxygen atoms in total. The summed E-state index contributed by atoms with van der Waals surface area (Å²) < 4.78 is 0. The fourth-order valence-corrected chi connectivity index (χ4v) is 10.1. The van der Waals surface area contributed by atoms with E-state index in [4.69, 9.17) is 0 Å². The smallest absolute Gasteiger partial charge is 0.305 e. The van der Waals surface area contributed by atoms with Crippen molar-refractivity contribution in [3.63, 3.8) is 0 Å². The summed E-state index contributed by atoms with van der Waals surface area (Å²) in [5.74, 6) is -17.2. The number of aliphatic hydroxyl groups is 1. The summed E-state index contributed by atoms with van der Waals surface area (Å²) in [7, 11) is 0. The number of amides is 12. The molecule has 492 valence electrons. The molecule has 12 amide bonds. The van der Waals surface area contributed by atoms with E-state index in [-0.39, 0.29) is 38.8 Å². The maximum absolute atomic E-state index is 14.8. The zero-order valence-corrected chi connectivity index (χ0v) is 50.8. The zero-order chi connectivity index (χ0) is 65.6. The molecule has 88 heavy (non-hydrogen) atoms. The van der Waals surface area contributed by atoms with Crippen molar-refractivity contribution in [2.45, 2.75) is 205 Å². The summed E-state index contributed by atoms with van der Waals surface area (Å²) >= 11 is 0. The molecular formula is C57H90N12O19. The first-order valence-electron chi connectivity index (χ1n) is 30.1. The standard InChI is InChI=1S/C57H90N12O19/c1-6-33(4)48-57(88)69-24-18-21-40(69)53(84)58-28-38(65-52(83)37(27-47(79)80)62-41(71)22-15-13-11-9-7-8-10-12-14-19-32(2)3)56(87)68-23-17-16-20-39(68)54(85)61-30-43(73)64-35(25-45(75)76)50(81)59-29-42(72)63-36(26-46(77)78)51(82)60-31-44(74)66-49(34(5)70)55(86)67-48/h15,22,32-40,48-49,70H,6-14,16-21,23-31H2,1-5H3,(H,58,84)(H,59,81)(H,60,82)(H,61,85)(H,62,71)(H,63,72)(H,64,73)(H,65,83)(H,66,74)(H,67,86)(H,75,76)(H,77,78)(H,79,80)/b22-15+/t33-,34+,35-,36-,37-,38-,39+,40-,48-,49+/m0/s1. The molecule has 3 rings (SSSR count). The number of carbonyl (C=O) groups is 15. The van der Waals surface area contributed by atoms with Crippen LogP contribution in [0.5, 0.6) is 0 Å². The average molecular weight is 1250 g/mol. The Morgan fingerprint density at radius 2 is 1.08 bits per heavy atom. The van der Waals surface area contributed by atoms with Crippen LogP contribution < -0.4 is 53.2 Å². The number of hydrogen-bond acceptors (Lipinski definition) is 16. The lowest BCUT2D eigenvalue weighted by molar-refractivity contribution is -0.146. The summed E-state index contributed by atoms with van der Waals surface area (Å²) in [5.41, 5.74) is 0. The number of rotatable bonds is 23. The van der Waals surface area contributed by atoms with Crippen LogP contribution in [0.3, 0.4) is 0 Å². The summed E-state index contributed by atoms with van der Waals surface area (Å²) in [4.78, 5) is 202. The fourth-order valence-electron chi connectivity index (χ4n) is 10.1. The van der Waals surface area contributed by atoms with Gasteiger partial charge in [-0.15, -0.1) is 0 Å². The van der Waals surface area contributed by atoms with Crippen LogP contribution in [0.4, 0.5) is 0 Å². The first kappa shape index (κ1) is 74.0. The summed E-state index contributed by atoms with van der Waals surface area (Å²) in [5, 5.41) is 62.4. The van der Waals surface area contributed by atoms with Gasteiger partial charge in [-0.25, -0.2) is 0 Å². The van der Waals surface area contributed by atoms with E-state index in [9.17, 15) is 92.3 Å². The Morgan fingerprint density at radius 3 is 1.61 bits per heavy atom. The highest BCUT2D eigenvalue weighted by atomic mass is 16.4. The van der Waals surface area contributed by atoms with Crippen LogP contribution in [0.1, 0.15) is 150 Å². The fraction of sp³-hybridized carbons (Fsp3) is 0.702. The third-order valence-corrected chi connectivity index (χ3v) is 15.1. The molecule has 0 bridgehead atoms. The topological polar surface area (TPSA) is 464 Å². The normalized spacial score (nSPS) is 24.1. The molecule has 14 N–H and O–H groups in total. The van der Waals surface area contributed by atoms with Crippen molar-refractivity contribution in [1.29, 1.82) is 0 Å². The number of nitrogens with one attached hydrogen (secondary N) is 10. The van der Waals surface area contributed by atoms with Gasteiger partial charge in [0.05, 0.1) is 45.0 Å². The second-order valence-electron chi connectivity index (χ2n) is 22.8. The molecule has 0 saturated carbocycles. The van der Waals surface area contributed by atoms with Crippen LogP contribution in [0.2, 0.25) is 0 Å². The molecule has 10 atom stereocenters. The van der Waals surface area contributed by atoms with Crippen LogP contribution in [0.25, 0.3) is 0 Å². The van der Waals surface area contributed by atoms with E-state index in [1.807, 2.05) is 0 Å². The lowest BCUT2D eigenvalue weighted by Crippen LogP contribution is -2.63. The Kier molecular flexibility index (Phi) is 32.1. The number of unbranched alkanes of at least 4 members (excludes halogenated alkanes) is 7. The number of aliphatic hydroxyl groups excluding tert-OH is 1. The molecule has 3 heterocycles. The summed E-state index contributed by atoms with van der Waals surface area (Å²) in [6, 6.07) is -13.2. The molecule has 0 aromatic carbocycles. The highest BCUT2D eigenvalue weighted by molar-refractivity contribution is 6.00. The van der Waals surface area contributed by atoms with Crippen molar-refractivity contribution in [1.82, 2.24) is 63.0 Å². The highest BCUT2D eigenvalue weighted by Crippen LogP contribution is 2.23. The van der Waals surface area contributed by atoms with Gasteiger partial charge in [0.1, 0.15) is 48.3 Å². The highest BCUT2D eigenvalue weighted by Gasteiger charge is 2.43. The van der Waals surface area contributed by atoms with Crippen LogP contribution in [-0.4, -0.2) is 213 Å². The van der Waals surface area contributed by atoms with Gasteiger partial charge < -0.3 is 83.4 Å². The summed E-state index contributed by atoms with van der Waals surface area (Å²) in [6.45, 7) is 5.06. The van der Waals surface area contributed by atoms with Crippen LogP contribution in [0, 0.1) is 11.8 Å². The molecule has 3 aliphatic heterocycles. The Balaban J connectivity index is 2.02. The van der Waals surface area contributed by atoms with E-state index >= 15 is 0 Å². The number of allylic oxidation sites excluding steroid dienone is 1. The van der Waals surface area contributed by atoms with Crippen molar-refractivity contribution in [2.24, 2.45) is 11.8 Å². The first-order chi connectivity index (χ1) is 41.6. The van der Waals surface area contributed by atoms with Gasteiger partial charge >= 0.3 is 17.9 Å². The molecule has 3 saturated heterocycles. The van der Waals surface area contributed by atoms with Crippen molar-refractivity contribution in [2.75, 3.05) is 39.3 Å². The maximum atomic E-state index is 14.8. The lowest BCUT2D eigenvalue weighted by Gasteiger charge is -2.37. The van der Waals surface area contributed by atoms with Crippen LogP contribution in [-0.2, 0) is 71.9 Å². The molecule has 0 aromatic heterocycles. The minimum Gasteiger partial charge on any atom is -0.481 e. The predicted molar refractivity (Wildman–Crippen MR) is 311 cm³/mol. The molecule has 3 aliphatic rings. The predicted octanol–water partition coefficient (Wildman–Crippen LogP) is -2.68. The second-order valence-corrected chi connectivity index (χ2v) is 22.8. The number of aliphatic carboxylic acids is 3. The van der Waals surface area contributed by atoms with Gasteiger partial charge in [0.25, 0.3) is 0 Å². The van der Waals surface area contributed by atoms with E-state index in [0.717, 1.165) is 50.0 Å². The molecule has 0 radical (unpaired) electrons. The van der Waals surface area contributed by atoms with Crippen molar-refractivity contribution in [3.8, 4) is 0 Å². The minimum atomic E-state index is -1.90. The SMILES string of the molecule is CC[C@H](C)[C@@H]1NC(=O)[C@@H]([C@@H](C)O)NC(=O)CNC(=O)[C@H](CC(=O)O)NC(=O)CNC(=O)[C@H](CC(=O)O)NC(=O)CNC(=O)[C@H]2CCCCN2C(=O)[C@@H](NC(=O)[C@H](CC(=O)O)NC(=O)/C=C/CCCCCCCCCC(C)C)CNC(=O)[C@@H]2CCCN2C1=O. The quantitative estimate of drug-likeness (QED) is 0.0366. The number of carboxylic acids is 3. The molecule has 3 fully saturated rings.